The van der Waals surface area contributed by atoms with Crippen molar-refractivity contribution in [3.8, 4) is 17.2 Å². The highest BCUT2D eigenvalue weighted by atomic mass is 16.7. The molecule has 6 N–H and O–H groups in total. The average molecular weight is 977 g/mol. The third-order valence-electron chi connectivity index (χ3n) is 16.8. The Bertz CT molecular complexity index is 2740. The lowest BCUT2D eigenvalue weighted by Crippen LogP contribution is -2.80. The molecule has 0 radical (unpaired) electrons. The number of ether oxygens (including phenoxy) is 6. The lowest BCUT2D eigenvalue weighted by molar-refractivity contribution is -0.278. The van der Waals surface area contributed by atoms with Crippen molar-refractivity contribution in [2.24, 2.45) is 29.4 Å². The van der Waals surface area contributed by atoms with E-state index in [1.165, 1.54) is 12.7 Å². The number of allylic oxidation sites excluding steroid dienone is 5. The van der Waals surface area contributed by atoms with Crippen LogP contribution in [-0.2, 0) is 30.2 Å². The fourth-order valence-electron chi connectivity index (χ4n) is 13.7. The van der Waals surface area contributed by atoms with E-state index in [2.05, 4.69) is 30.9 Å². The molecule has 4 bridgehead atoms. The van der Waals surface area contributed by atoms with Crippen molar-refractivity contribution in [3.05, 3.63) is 98.7 Å². The topological polar surface area (TPSA) is 217 Å². The number of benzene rings is 2. The molecule has 3 saturated carbocycles. The summed E-state index contributed by atoms with van der Waals surface area (Å²) in [6, 6.07) is 6.72. The van der Waals surface area contributed by atoms with Crippen LogP contribution in [0.15, 0.2) is 70.9 Å². The Morgan fingerprint density at radius 2 is 1.66 bits per heavy atom. The molecule has 9 aliphatic rings. The molecule has 4 aliphatic carbocycles. The molecule has 5 fully saturated rings. The molecular formula is C56H68N2O13. The van der Waals surface area contributed by atoms with E-state index in [1.54, 1.807) is 13.0 Å². The van der Waals surface area contributed by atoms with Gasteiger partial charge in [-0.05, 0) is 93.2 Å². The second-order valence-corrected chi connectivity index (χ2v) is 22.0. The Kier molecular flexibility index (Phi) is 12.2. The van der Waals surface area contributed by atoms with Gasteiger partial charge in [0.1, 0.15) is 47.3 Å². The number of aliphatic hydroxyl groups is 4. The molecule has 0 aromatic heterocycles. The molecule has 0 amide bonds. The molecule has 380 valence electrons. The number of ketones is 2. The van der Waals surface area contributed by atoms with Crippen LogP contribution in [0.25, 0.3) is 11.8 Å². The van der Waals surface area contributed by atoms with Gasteiger partial charge in [0.2, 0.25) is 6.29 Å². The van der Waals surface area contributed by atoms with Gasteiger partial charge in [-0.1, -0.05) is 53.6 Å². The van der Waals surface area contributed by atoms with Crippen LogP contribution in [0.1, 0.15) is 120 Å². The lowest BCUT2D eigenvalue weighted by Gasteiger charge is -2.68. The first-order valence-corrected chi connectivity index (χ1v) is 25.1. The van der Waals surface area contributed by atoms with Crippen molar-refractivity contribution in [2.75, 3.05) is 26.8 Å². The largest absolute Gasteiger partial charge is 0.482 e. The number of Topliss-reactive ketones (excluding diaryl/α,β-unsaturated/α-hetero) is 2. The molecule has 1 spiro atoms. The maximum Gasteiger partial charge on any atom is 0.333 e. The van der Waals surface area contributed by atoms with Gasteiger partial charge >= 0.3 is 5.97 Å². The number of hydrogen-bond acceptors (Lipinski definition) is 15. The number of carbonyl (C=O) groups is 3. The van der Waals surface area contributed by atoms with Crippen LogP contribution < -0.4 is 19.9 Å². The third-order valence-corrected chi connectivity index (χ3v) is 16.8. The van der Waals surface area contributed by atoms with Gasteiger partial charge in [-0.2, -0.15) is 0 Å². The number of rotatable bonds is 13. The Hall–Kier alpha value is -5.13. The summed E-state index contributed by atoms with van der Waals surface area (Å²) in [6.45, 7) is 15.5. The number of esters is 1. The standard InChI is InChI=1S/C56H68N2O13/c1-27(2)13-12-20-54(8)21-19-33-47(69-54)32(17-16-28(3)4)49-39(48(33)68-52-46(63)45(62)44(61)35(26-59)67-52)42-40-37(38-41(58(42)24-23-57)30-14-10-11-15-31(30)43(38)60)34-25-36-53(6,7)71-55(50(34)64,56(36,40)70-49)22-18-29(5)51(65)66-9/h10-11,13-16,18-19,21,34-37,40,42,44-46,52,59,61-63H,12,17,20,22-26,57H2,1-9H3/b29-18-/t34?,35-,36?,37?,40?,42?,44-,45+,46-,52+,54?,55?,56?/m1/s1. The maximum atomic E-state index is 16.1. The average Bonchev–Trinajstić information content (AvgIpc) is 3.70. The van der Waals surface area contributed by atoms with Gasteiger partial charge in [0.15, 0.2) is 22.8 Å². The van der Waals surface area contributed by atoms with Gasteiger partial charge in [-0.15, -0.1) is 0 Å². The summed E-state index contributed by atoms with van der Waals surface area (Å²) in [6.07, 6.45) is 3.79. The number of nitrogens with two attached hydrogens (primary N) is 1. The van der Waals surface area contributed by atoms with Crippen LogP contribution in [0.4, 0.5) is 0 Å². The van der Waals surface area contributed by atoms with Gasteiger partial charge in [0, 0.05) is 71.0 Å². The molecule has 2 saturated heterocycles. The molecular weight excluding hydrogens is 909 g/mol. The van der Waals surface area contributed by atoms with Crippen molar-refractivity contribution in [2.45, 2.75) is 147 Å². The summed E-state index contributed by atoms with van der Waals surface area (Å²) in [5.41, 5.74) is 8.33. The Morgan fingerprint density at radius 1 is 0.944 bits per heavy atom. The molecule has 71 heavy (non-hydrogen) atoms. The summed E-state index contributed by atoms with van der Waals surface area (Å²) in [5, 5.41) is 44.3. The quantitative estimate of drug-likeness (QED) is 0.0905. The summed E-state index contributed by atoms with van der Waals surface area (Å²) in [4.78, 5) is 46.6. The van der Waals surface area contributed by atoms with E-state index >= 15 is 9.59 Å². The first-order chi connectivity index (χ1) is 33.7. The van der Waals surface area contributed by atoms with Gasteiger partial charge in [-0.3, -0.25) is 9.59 Å². The SMILES string of the molecule is COC(=O)/C(C)=C\CC12OC(C)(C)C3CC(C1=O)C1C4=C(c5ccccc5C4=O)N(CCN)C4c5c(O[C@@H]6O[C@H](CO)[C@@H](O)[C@H](O)[C@H]6O)c6c(c(CC=C(C)C)c5OC32C14)OC(C)(CCC=C(C)C)C=C6. The number of fused-ring (bicyclic) bond motifs is 5. The van der Waals surface area contributed by atoms with Gasteiger partial charge in [0.25, 0.3) is 0 Å². The predicted molar refractivity (Wildman–Crippen MR) is 262 cm³/mol. The second kappa shape index (κ2) is 17.5. The minimum absolute atomic E-state index is 0.0322. The maximum absolute atomic E-state index is 16.1. The predicted octanol–water partition coefficient (Wildman–Crippen LogP) is 5.85. The summed E-state index contributed by atoms with van der Waals surface area (Å²) < 4.78 is 41.0. The van der Waals surface area contributed by atoms with Gasteiger partial charge < -0.3 is 59.5 Å². The van der Waals surface area contributed by atoms with Gasteiger partial charge in [0.05, 0.1) is 42.2 Å². The summed E-state index contributed by atoms with van der Waals surface area (Å²) in [7, 11) is 1.31. The van der Waals surface area contributed by atoms with Gasteiger partial charge in [-0.25, -0.2) is 4.79 Å². The van der Waals surface area contributed by atoms with Crippen LogP contribution in [0.3, 0.4) is 0 Å². The number of carbonyl (C=O) groups excluding carboxylic acids is 3. The Morgan fingerprint density at radius 3 is 2.34 bits per heavy atom. The highest BCUT2D eigenvalue weighted by Gasteiger charge is 2.86. The second-order valence-electron chi connectivity index (χ2n) is 22.0. The Labute approximate surface area is 414 Å². The van der Waals surface area contributed by atoms with Crippen molar-refractivity contribution in [3.63, 3.8) is 0 Å². The molecule has 5 heterocycles. The molecule has 13 atom stereocenters. The first-order valence-electron chi connectivity index (χ1n) is 25.1. The lowest BCUT2D eigenvalue weighted by atomic mass is 9.41. The summed E-state index contributed by atoms with van der Waals surface area (Å²) in [5.74, 6) is -2.43. The monoisotopic (exact) mass is 976 g/mol. The van der Waals surface area contributed by atoms with E-state index in [0.29, 0.717) is 69.9 Å². The minimum atomic E-state index is -1.78. The zero-order valence-corrected chi connectivity index (χ0v) is 42.1. The van der Waals surface area contributed by atoms with Crippen molar-refractivity contribution in [1.29, 1.82) is 0 Å². The zero-order valence-electron chi connectivity index (χ0n) is 42.1. The first kappa shape index (κ1) is 49.4. The minimum Gasteiger partial charge on any atom is -0.482 e. The van der Waals surface area contributed by atoms with E-state index in [-0.39, 0.29) is 36.8 Å². The van der Waals surface area contributed by atoms with E-state index in [1.807, 2.05) is 71.0 Å². The van der Waals surface area contributed by atoms with Crippen LogP contribution in [0.5, 0.6) is 17.2 Å². The van der Waals surface area contributed by atoms with E-state index < -0.39 is 95.4 Å². The summed E-state index contributed by atoms with van der Waals surface area (Å²) >= 11 is 0. The fraction of sp³-hybridized carbons (Fsp3) is 0.554. The fourth-order valence-corrected chi connectivity index (χ4v) is 13.7. The third kappa shape index (κ3) is 7.11. The van der Waals surface area contributed by atoms with E-state index in [9.17, 15) is 25.2 Å². The molecule has 15 nitrogen and oxygen atoms in total. The number of aliphatic hydroxyl groups excluding tert-OH is 4. The molecule has 2 aromatic rings. The Balaban J connectivity index is 1.33. The number of hydrogen-bond donors (Lipinski definition) is 5. The highest BCUT2D eigenvalue weighted by Crippen LogP contribution is 2.77. The van der Waals surface area contributed by atoms with Crippen molar-refractivity contribution in [1.82, 2.24) is 4.90 Å². The number of methoxy groups -OCH3 is 1. The van der Waals surface area contributed by atoms with E-state index in [4.69, 9.17) is 34.2 Å². The molecule has 15 heteroatoms. The molecule has 5 aliphatic heterocycles. The van der Waals surface area contributed by atoms with Crippen LogP contribution in [-0.4, -0.2) is 123 Å². The molecule has 2 aromatic carbocycles. The normalized spacial score (nSPS) is 35.4. The van der Waals surface area contributed by atoms with Crippen LogP contribution in [0.2, 0.25) is 0 Å². The van der Waals surface area contributed by atoms with Crippen LogP contribution >= 0.6 is 0 Å². The molecule has 11 rings (SSSR count). The van der Waals surface area contributed by atoms with Crippen molar-refractivity contribution >= 4 is 29.3 Å². The molecule has 8 unspecified atom stereocenters. The smallest absolute Gasteiger partial charge is 0.333 e. The van der Waals surface area contributed by atoms with E-state index in [0.717, 1.165) is 17.6 Å². The zero-order chi connectivity index (χ0) is 50.9. The highest BCUT2D eigenvalue weighted by molar-refractivity contribution is 6.21. The van der Waals surface area contributed by atoms with Crippen molar-refractivity contribution < 1.29 is 63.2 Å². The number of nitrogens with zero attached hydrogens (tertiary/aromatic N) is 1. The van der Waals surface area contributed by atoms with Crippen LogP contribution in [0, 0.1) is 23.7 Å².